The van der Waals surface area contributed by atoms with Crippen molar-refractivity contribution in [1.29, 1.82) is 0 Å². The highest BCUT2D eigenvalue weighted by molar-refractivity contribution is 5.93. The zero-order valence-electron chi connectivity index (χ0n) is 15.1. The van der Waals surface area contributed by atoms with Gasteiger partial charge in [-0.25, -0.2) is 4.79 Å². The van der Waals surface area contributed by atoms with E-state index in [1.165, 1.54) is 5.56 Å². The molecule has 136 valence electrons. The Morgan fingerprint density at radius 2 is 2.08 bits per heavy atom. The van der Waals surface area contributed by atoms with Crippen molar-refractivity contribution < 1.29 is 19.1 Å². The second-order valence-corrected chi connectivity index (χ2v) is 7.69. The predicted octanol–water partition coefficient (Wildman–Crippen LogP) is 2.95. The van der Waals surface area contributed by atoms with Crippen LogP contribution in [0.4, 0.5) is 10.5 Å². The molecule has 3 rings (SSSR count). The van der Waals surface area contributed by atoms with E-state index in [0.29, 0.717) is 26.3 Å². The first-order valence-electron chi connectivity index (χ1n) is 8.80. The lowest BCUT2D eigenvalue weighted by Gasteiger charge is -2.31. The third kappa shape index (κ3) is 4.51. The van der Waals surface area contributed by atoms with E-state index in [9.17, 15) is 9.59 Å². The molecule has 1 fully saturated rings. The first kappa shape index (κ1) is 17.7. The van der Waals surface area contributed by atoms with Crippen LogP contribution in [0.1, 0.15) is 38.3 Å². The van der Waals surface area contributed by atoms with Crippen molar-refractivity contribution in [2.75, 3.05) is 25.1 Å². The number of fused-ring (bicyclic) bond motifs is 1. The highest BCUT2D eigenvalue weighted by Crippen LogP contribution is 2.25. The molecule has 1 saturated heterocycles. The normalized spacial score (nSPS) is 20.1. The molecule has 1 aromatic rings. The van der Waals surface area contributed by atoms with E-state index in [1.54, 1.807) is 4.90 Å². The number of anilines is 1. The lowest BCUT2D eigenvalue weighted by molar-refractivity contribution is -0.119. The highest BCUT2D eigenvalue weighted by Gasteiger charge is 2.27. The van der Waals surface area contributed by atoms with Gasteiger partial charge in [0.25, 0.3) is 0 Å². The van der Waals surface area contributed by atoms with Crippen LogP contribution in [0.3, 0.4) is 0 Å². The maximum Gasteiger partial charge on any atom is 0.410 e. The van der Waals surface area contributed by atoms with Gasteiger partial charge in [-0.2, -0.15) is 0 Å². The molecule has 6 heteroatoms. The number of nitrogens with zero attached hydrogens (tertiary/aromatic N) is 1. The van der Waals surface area contributed by atoms with Crippen LogP contribution in [0.5, 0.6) is 0 Å². The molecule has 0 aliphatic carbocycles. The van der Waals surface area contributed by atoms with Crippen LogP contribution < -0.4 is 5.32 Å². The molecule has 2 heterocycles. The minimum atomic E-state index is -0.503. The Hall–Kier alpha value is -2.08. The molecule has 0 radical (unpaired) electrons. The first-order chi connectivity index (χ1) is 11.8. The van der Waals surface area contributed by atoms with Crippen molar-refractivity contribution in [3.8, 4) is 0 Å². The Kier molecular flexibility index (Phi) is 4.99. The van der Waals surface area contributed by atoms with Gasteiger partial charge in [-0.05, 0) is 56.9 Å². The molecule has 1 atom stereocenters. The summed E-state index contributed by atoms with van der Waals surface area (Å²) in [5, 5.41) is 2.96. The van der Waals surface area contributed by atoms with Gasteiger partial charge in [0.05, 0.1) is 12.5 Å². The summed E-state index contributed by atoms with van der Waals surface area (Å²) in [6, 6.07) is 5.91. The van der Waals surface area contributed by atoms with Crippen LogP contribution in [0.25, 0.3) is 0 Å². The monoisotopic (exact) mass is 346 g/mol. The molecule has 0 unspecified atom stereocenters. The summed E-state index contributed by atoms with van der Waals surface area (Å²) in [5.74, 6) is -0.0773. The predicted molar refractivity (Wildman–Crippen MR) is 94.3 cm³/mol. The van der Waals surface area contributed by atoms with Crippen molar-refractivity contribution in [2.45, 2.75) is 45.8 Å². The van der Waals surface area contributed by atoms with Crippen LogP contribution in [0.15, 0.2) is 18.2 Å². The van der Waals surface area contributed by atoms with E-state index in [4.69, 9.17) is 9.47 Å². The molecule has 2 aliphatic heterocycles. The van der Waals surface area contributed by atoms with Gasteiger partial charge in [-0.3, -0.25) is 4.79 Å². The number of nitrogens with one attached hydrogen (secondary N) is 1. The number of carbonyl (C=O) groups is 2. The van der Waals surface area contributed by atoms with Gasteiger partial charge in [0, 0.05) is 25.4 Å². The van der Waals surface area contributed by atoms with Gasteiger partial charge >= 0.3 is 6.09 Å². The minimum Gasteiger partial charge on any atom is -0.444 e. The van der Waals surface area contributed by atoms with Crippen molar-refractivity contribution in [3.63, 3.8) is 0 Å². The minimum absolute atomic E-state index is 0.00254. The number of benzene rings is 1. The number of hydrogen-bond donors (Lipinski definition) is 1. The second-order valence-electron chi connectivity index (χ2n) is 7.69. The van der Waals surface area contributed by atoms with Crippen LogP contribution >= 0.6 is 0 Å². The Labute approximate surface area is 148 Å². The zero-order chi connectivity index (χ0) is 18.0. The van der Waals surface area contributed by atoms with E-state index in [0.717, 1.165) is 24.1 Å². The summed E-state index contributed by atoms with van der Waals surface area (Å²) < 4.78 is 10.7. The molecule has 2 amide bonds. The maximum absolute atomic E-state index is 12.3. The van der Waals surface area contributed by atoms with Crippen molar-refractivity contribution in [3.05, 3.63) is 29.3 Å². The Morgan fingerprint density at radius 3 is 2.76 bits per heavy atom. The molecule has 0 spiro atoms. The third-order valence-electron chi connectivity index (χ3n) is 4.44. The van der Waals surface area contributed by atoms with Gasteiger partial charge < -0.3 is 19.7 Å². The molecule has 1 aromatic carbocycles. The fourth-order valence-electron chi connectivity index (χ4n) is 3.10. The summed E-state index contributed by atoms with van der Waals surface area (Å²) >= 11 is 0. The van der Waals surface area contributed by atoms with Crippen molar-refractivity contribution in [1.82, 2.24) is 4.90 Å². The zero-order valence-corrected chi connectivity index (χ0v) is 15.1. The standard InChI is InChI=1S/C19H26N2O4/c1-19(2,3)25-18(23)21-8-6-13-4-5-16(10-15(13)11-21)20-17(22)14-7-9-24-12-14/h4-5,10,14H,6-9,11-12H2,1-3H3,(H,20,22)/t14-/m0/s1. The van der Waals surface area contributed by atoms with Gasteiger partial charge in [0.2, 0.25) is 5.91 Å². The van der Waals surface area contributed by atoms with Gasteiger partial charge in [0.1, 0.15) is 5.60 Å². The van der Waals surface area contributed by atoms with Crippen LogP contribution in [0, 0.1) is 5.92 Å². The molecule has 2 aliphatic rings. The molecule has 0 bridgehead atoms. The number of ether oxygens (including phenoxy) is 2. The maximum atomic E-state index is 12.3. The molecule has 25 heavy (non-hydrogen) atoms. The Morgan fingerprint density at radius 1 is 1.28 bits per heavy atom. The van der Waals surface area contributed by atoms with E-state index in [-0.39, 0.29) is 17.9 Å². The van der Waals surface area contributed by atoms with Crippen LogP contribution in [0.2, 0.25) is 0 Å². The van der Waals surface area contributed by atoms with Crippen molar-refractivity contribution >= 4 is 17.7 Å². The van der Waals surface area contributed by atoms with E-state index < -0.39 is 5.60 Å². The first-order valence-corrected chi connectivity index (χ1v) is 8.80. The average Bonchev–Trinajstić information content (AvgIpc) is 3.07. The second kappa shape index (κ2) is 7.04. The third-order valence-corrected chi connectivity index (χ3v) is 4.44. The topological polar surface area (TPSA) is 67.9 Å². The van der Waals surface area contributed by atoms with E-state index in [2.05, 4.69) is 5.32 Å². The number of carbonyl (C=O) groups excluding carboxylic acids is 2. The fraction of sp³-hybridized carbons (Fsp3) is 0.579. The molecule has 6 nitrogen and oxygen atoms in total. The molecule has 0 saturated carbocycles. The number of amides is 2. The van der Waals surface area contributed by atoms with E-state index >= 15 is 0 Å². The molecule has 0 aromatic heterocycles. The van der Waals surface area contributed by atoms with E-state index in [1.807, 2.05) is 39.0 Å². The van der Waals surface area contributed by atoms with Gasteiger partial charge in [-0.15, -0.1) is 0 Å². The molecule has 1 N–H and O–H groups in total. The number of hydrogen-bond acceptors (Lipinski definition) is 4. The smallest absolute Gasteiger partial charge is 0.410 e. The average molecular weight is 346 g/mol. The summed E-state index contributed by atoms with van der Waals surface area (Å²) in [6.45, 7) is 7.87. The SMILES string of the molecule is CC(C)(C)OC(=O)N1CCc2ccc(NC(=O)[C@H]3CCOC3)cc2C1. The molecular formula is C19H26N2O4. The quantitative estimate of drug-likeness (QED) is 0.894. The highest BCUT2D eigenvalue weighted by atomic mass is 16.6. The Balaban J connectivity index is 1.66. The summed E-state index contributed by atoms with van der Waals surface area (Å²) in [7, 11) is 0. The summed E-state index contributed by atoms with van der Waals surface area (Å²) in [4.78, 5) is 26.2. The van der Waals surface area contributed by atoms with Gasteiger partial charge in [-0.1, -0.05) is 6.07 Å². The van der Waals surface area contributed by atoms with Crippen molar-refractivity contribution in [2.24, 2.45) is 5.92 Å². The summed E-state index contributed by atoms with van der Waals surface area (Å²) in [5.41, 5.74) is 2.53. The lowest BCUT2D eigenvalue weighted by Crippen LogP contribution is -2.39. The Bertz CT molecular complexity index is 660. The van der Waals surface area contributed by atoms with Crippen LogP contribution in [-0.4, -0.2) is 42.3 Å². The lowest BCUT2D eigenvalue weighted by atomic mass is 9.99. The van der Waals surface area contributed by atoms with Gasteiger partial charge in [0.15, 0.2) is 0 Å². The summed E-state index contributed by atoms with van der Waals surface area (Å²) in [6.07, 6.45) is 1.26. The largest absolute Gasteiger partial charge is 0.444 e. The number of rotatable bonds is 2. The fourth-order valence-corrected chi connectivity index (χ4v) is 3.10. The van der Waals surface area contributed by atoms with Crippen LogP contribution in [-0.2, 0) is 27.2 Å². The molecular weight excluding hydrogens is 320 g/mol.